The average molecular weight is 360 g/mol. The molecule has 0 spiro atoms. The minimum absolute atomic E-state index is 0.0856. The molecule has 7 heteroatoms. The molecule has 3 rings (SSSR count). The van der Waals surface area contributed by atoms with Crippen LogP contribution in [0.3, 0.4) is 0 Å². The van der Waals surface area contributed by atoms with Gasteiger partial charge in [0.05, 0.1) is 18.8 Å². The Hall–Kier alpha value is -2.57. The van der Waals surface area contributed by atoms with Crippen LogP contribution in [0, 0.1) is 11.8 Å². The summed E-state index contributed by atoms with van der Waals surface area (Å²) in [7, 11) is 0. The zero-order valence-electron chi connectivity index (χ0n) is 15.1. The van der Waals surface area contributed by atoms with E-state index in [0.717, 1.165) is 19.4 Å². The second kappa shape index (κ2) is 7.76. The third-order valence-electron chi connectivity index (χ3n) is 5.20. The number of hydrogen-bond acceptors (Lipinski definition) is 5. The molecule has 2 fully saturated rings. The van der Waals surface area contributed by atoms with Crippen LogP contribution in [0.2, 0.25) is 0 Å². The van der Waals surface area contributed by atoms with Gasteiger partial charge in [-0.3, -0.25) is 10.1 Å². The molecule has 3 unspecified atom stereocenters. The summed E-state index contributed by atoms with van der Waals surface area (Å²) < 4.78 is 10.3. The molecule has 2 bridgehead atoms. The molecule has 1 saturated carbocycles. The normalized spacial score (nSPS) is 23.6. The van der Waals surface area contributed by atoms with Crippen LogP contribution in [0.15, 0.2) is 24.3 Å². The Labute approximate surface area is 152 Å². The molecular formula is C19H24N2O5. The Bertz CT molecular complexity index is 705. The first kappa shape index (κ1) is 18.2. The van der Waals surface area contributed by atoms with Gasteiger partial charge in [-0.1, -0.05) is 6.07 Å². The average Bonchev–Trinajstić information content (AvgIpc) is 3.17. The molecule has 0 aromatic heterocycles. The smallest absolute Gasteiger partial charge is 0.411 e. The fourth-order valence-corrected chi connectivity index (χ4v) is 4.00. The SMILES string of the molecule is CCOC(=O)c1cccc(NC(=O)OCC2C3CCC2N(C(C)=O)C3)c1. The van der Waals surface area contributed by atoms with Gasteiger partial charge in [-0.25, -0.2) is 9.59 Å². The quantitative estimate of drug-likeness (QED) is 0.816. The second-order valence-corrected chi connectivity index (χ2v) is 6.76. The van der Waals surface area contributed by atoms with Crippen LogP contribution >= 0.6 is 0 Å². The largest absolute Gasteiger partial charge is 0.462 e. The Kier molecular flexibility index (Phi) is 5.44. The first-order chi connectivity index (χ1) is 12.5. The topological polar surface area (TPSA) is 84.9 Å². The standard InChI is InChI=1S/C19H24N2O5/c1-3-25-18(23)13-5-4-6-15(9-13)20-19(24)26-11-16-14-7-8-17(16)21(10-14)12(2)22/h4-6,9,14,16-17H,3,7-8,10-11H2,1-2H3,(H,20,24). The molecule has 1 aliphatic carbocycles. The summed E-state index contributed by atoms with van der Waals surface area (Å²) in [6.07, 6.45) is 1.49. The maximum atomic E-state index is 12.1. The zero-order chi connectivity index (χ0) is 18.7. The molecule has 140 valence electrons. The number of esters is 1. The van der Waals surface area contributed by atoms with Crippen LogP contribution in [0.5, 0.6) is 0 Å². The molecule has 7 nitrogen and oxygen atoms in total. The second-order valence-electron chi connectivity index (χ2n) is 6.76. The van der Waals surface area contributed by atoms with Crippen molar-refractivity contribution in [3.8, 4) is 0 Å². The molecule has 1 heterocycles. The van der Waals surface area contributed by atoms with Gasteiger partial charge in [0, 0.05) is 31.1 Å². The van der Waals surface area contributed by atoms with Crippen LogP contribution in [-0.2, 0) is 14.3 Å². The minimum atomic E-state index is -0.563. The molecule has 1 saturated heterocycles. The maximum Gasteiger partial charge on any atom is 0.411 e. The third-order valence-corrected chi connectivity index (χ3v) is 5.20. The first-order valence-electron chi connectivity index (χ1n) is 8.97. The fraction of sp³-hybridized carbons (Fsp3) is 0.526. The van der Waals surface area contributed by atoms with Crippen LogP contribution in [0.1, 0.15) is 37.0 Å². The first-order valence-corrected chi connectivity index (χ1v) is 8.97. The summed E-state index contributed by atoms with van der Waals surface area (Å²) in [4.78, 5) is 37.4. The van der Waals surface area contributed by atoms with Crippen LogP contribution in [-0.4, -0.2) is 48.7 Å². The van der Waals surface area contributed by atoms with Crippen molar-refractivity contribution in [2.45, 2.75) is 32.7 Å². The summed E-state index contributed by atoms with van der Waals surface area (Å²) in [5.41, 5.74) is 0.843. The Morgan fingerprint density at radius 3 is 2.73 bits per heavy atom. The van der Waals surface area contributed by atoms with E-state index in [4.69, 9.17) is 9.47 Å². The molecule has 1 aromatic rings. The fourth-order valence-electron chi connectivity index (χ4n) is 4.00. The van der Waals surface area contributed by atoms with Crippen LogP contribution in [0.4, 0.5) is 10.5 Å². The van der Waals surface area contributed by atoms with E-state index in [1.165, 1.54) is 0 Å². The monoisotopic (exact) mass is 360 g/mol. The molecule has 1 aromatic carbocycles. The van der Waals surface area contributed by atoms with Crippen LogP contribution < -0.4 is 5.32 Å². The Balaban J connectivity index is 1.53. The highest BCUT2D eigenvalue weighted by Gasteiger charge is 2.48. The summed E-state index contributed by atoms with van der Waals surface area (Å²) in [5, 5.41) is 2.64. The minimum Gasteiger partial charge on any atom is -0.462 e. The number of likely N-dealkylation sites (tertiary alicyclic amines) is 1. The van der Waals surface area contributed by atoms with Crippen molar-refractivity contribution in [1.82, 2.24) is 4.90 Å². The van der Waals surface area contributed by atoms with Gasteiger partial charge in [0.25, 0.3) is 0 Å². The molecular weight excluding hydrogens is 336 g/mol. The molecule has 2 aliphatic rings. The highest BCUT2D eigenvalue weighted by Crippen LogP contribution is 2.42. The van der Waals surface area contributed by atoms with E-state index in [0.29, 0.717) is 30.4 Å². The molecule has 26 heavy (non-hydrogen) atoms. The van der Waals surface area contributed by atoms with E-state index in [1.54, 1.807) is 38.1 Å². The highest BCUT2D eigenvalue weighted by atomic mass is 16.5. The lowest BCUT2D eigenvalue weighted by atomic mass is 9.99. The van der Waals surface area contributed by atoms with Crippen molar-refractivity contribution in [3.63, 3.8) is 0 Å². The van der Waals surface area contributed by atoms with Crippen molar-refractivity contribution in [2.24, 2.45) is 11.8 Å². The van der Waals surface area contributed by atoms with E-state index in [1.807, 2.05) is 4.90 Å². The van der Waals surface area contributed by atoms with Gasteiger partial charge in [0.15, 0.2) is 0 Å². The highest BCUT2D eigenvalue weighted by molar-refractivity contribution is 5.92. The lowest BCUT2D eigenvalue weighted by molar-refractivity contribution is -0.130. The number of hydrogen-bond donors (Lipinski definition) is 1. The maximum absolute atomic E-state index is 12.1. The number of benzene rings is 1. The number of anilines is 1. The lowest BCUT2D eigenvalue weighted by Crippen LogP contribution is -2.37. The molecule has 2 amide bonds. The van der Waals surface area contributed by atoms with Crippen molar-refractivity contribution >= 4 is 23.7 Å². The van der Waals surface area contributed by atoms with Crippen molar-refractivity contribution in [3.05, 3.63) is 29.8 Å². The molecule has 1 N–H and O–H groups in total. The third kappa shape index (κ3) is 3.81. The summed E-state index contributed by atoms with van der Waals surface area (Å²) in [6.45, 7) is 4.67. The van der Waals surface area contributed by atoms with Gasteiger partial charge in [-0.15, -0.1) is 0 Å². The lowest BCUT2D eigenvalue weighted by Gasteiger charge is -2.26. The number of carbonyl (C=O) groups is 3. The predicted octanol–water partition coefficient (Wildman–Crippen LogP) is 2.67. The Morgan fingerprint density at radius 1 is 1.23 bits per heavy atom. The van der Waals surface area contributed by atoms with Gasteiger partial charge in [0.2, 0.25) is 5.91 Å². The molecule has 0 radical (unpaired) electrons. The van der Waals surface area contributed by atoms with E-state index >= 15 is 0 Å². The number of nitrogens with one attached hydrogen (secondary N) is 1. The number of fused-ring (bicyclic) bond motifs is 2. The van der Waals surface area contributed by atoms with Crippen molar-refractivity contribution in [1.29, 1.82) is 0 Å². The number of rotatable bonds is 5. The summed E-state index contributed by atoms with van der Waals surface area (Å²) in [6, 6.07) is 6.71. The number of ether oxygens (including phenoxy) is 2. The number of carbonyl (C=O) groups excluding carboxylic acids is 3. The van der Waals surface area contributed by atoms with Gasteiger partial charge in [-0.2, -0.15) is 0 Å². The van der Waals surface area contributed by atoms with E-state index in [9.17, 15) is 14.4 Å². The summed E-state index contributed by atoms with van der Waals surface area (Å²) in [5.74, 6) is 0.262. The van der Waals surface area contributed by atoms with Crippen molar-refractivity contribution < 1.29 is 23.9 Å². The van der Waals surface area contributed by atoms with Gasteiger partial charge >= 0.3 is 12.1 Å². The van der Waals surface area contributed by atoms with Crippen LogP contribution in [0.25, 0.3) is 0 Å². The van der Waals surface area contributed by atoms with Gasteiger partial charge in [0.1, 0.15) is 0 Å². The molecule has 1 aliphatic heterocycles. The van der Waals surface area contributed by atoms with Crippen molar-refractivity contribution in [2.75, 3.05) is 25.1 Å². The van der Waals surface area contributed by atoms with Gasteiger partial charge in [-0.05, 0) is 43.9 Å². The zero-order valence-corrected chi connectivity index (χ0v) is 15.1. The number of nitrogens with zero attached hydrogens (tertiary/aromatic N) is 1. The van der Waals surface area contributed by atoms with E-state index < -0.39 is 12.1 Å². The van der Waals surface area contributed by atoms with E-state index in [2.05, 4.69) is 5.32 Å². The molecule has 3 atom stereocenters. The Morgan fingerprint density at radius 2 is 2.04 bits per heavy atom. The number of amides is 2. The predicted molar refractivity (Wildman–Crippen MR) is 94.8 cm³/mol. The summed E-state index contributed by atoms with van der Waals surface area (Å²) >= 11 is 0. The number of piperidine rings is 1. The van der Waals surface area contributed by atoms with Gasteiger partial charge < -0.3 is 14.4 Å². The van der Waals surface area contributed by atoms with E-state index in [-0.39, 0.29) is 17.9 Å².